The van der Waals surface area contributed by atoms with Gasteiger partial charge in [0, 0.05) is 11.1 Å². The summed E-state index contributed by atoms with van der Waals surface area (Å²) in [6.07, 6.45) is 1.02. The zero-order valence-corrected chi connectivity index (χ0v) is 13.7. The number of quaternary nitrogens is 1. The molecule has 1 aromatic carbocycles. The van der Waals surface area contributed by atoms with E-state index in [0.29, 0.717) is 10.2 Å². The molecule has 0 spiro atoms. The van der Waals surface area contributed by atoms with Gasteiger partial charge in [-0.1, -0.05) is 43.8 Å². The molecule has 0 bridgehead atoms. The van der Waals surface area contributed by atoms with E-state index in [1.165, 1.54) is 5.56 Å². The molecule has 0 fully saturated rings. The fourth-order valence-electron chi connectivity index (χ4n) is 2.29. The summed E-state index contributed by atoms with van der Waals surface area (Å²) in [5, 5.41) is 1.79. The number of carbonyl (C=O) groups is 1. The molecule has 0 saturated carbocycles. The van der Waals surface area contributed by atoms with Gasteiger partial charge < -0.3 is 12.4 Å². The number of likely N-dealkylation sites (N-methyl/N-ethyl adjacent to an activating group) is 1. The molecule has 1 atom stereocenters. The van der Waals surface area contributed by atoms with Gasteiger partial charge in [0.2, 0.25) is 0 Å². The van der Waals surface area contributed by atoms with E-state index in [1.807, 2.05) is 25.2 Å². The molecule has 112 valence electrons. The first-order valence-electron chi connectivity index (χ1n) is 6.73. The number of benzene rings is 1. The van der Waals surface area contributed by atoms with Crippen molar-refractivity contribution in [2.45, 2.75) is 26.8 Å². The second-order valence-corrected chi connectivity index (χ2v) is 5.32. The molecule has 20 heavy (non-hydrogen) atoms. The lowest BCUT2D eigenvalue weighted by molar-refractivity contribution is -1.02. The van der Waals surface area contributed by atoms with E-state index in [-0.39, 0.29) is 18.3 Å². The van der Waals surface area contributed by atoms with Gasteiger partial charge in [-0.05, 0) is 13.3 Å². The van der Waals surface area contributed by atoms with E-state index in [2.05, 4.69) is 32.7 Å². The van der Waals surface area contributed by atoms with Crippen LogP contribution in [-0.2, 0) is 11.3 Å². The van der Waals surface area contributed by atoms with E-state index in [4.69, 9.17) is 0 Å². The Labute approximate surface area is 128 Å². The van der Waals surface area contributed by atoms with Gasteiger partial charge in [-0.25, -0.2) is 4.59 Å². The molecule has 1 unspecified atom stereocenters. The second-order valence-electron chi connectivity index (χ2n) is 5.32. The van der Waals surface area contributed by atoms with Crippen LogP contribution in [0.3, 0.4) is 0 Å². The maximum Gasteiger partial charge on any atom is 0.293 e. The highest BCUT2D eigenvalue weighted by atomic mass is 35.5. The van der Waals surface area contributed by atoms with Gasteiger partial charge in [-0.3, -0.25) is 4.79 Å². The highest BCUT2D eigenvalue weighted by Crippen LogP contribution is 2.17. The van der Waals surface area contributed by atoms with Crippen molar-refractivity contribution in [2.75, 3.05) is 20.6 Å². The van der Waals surface area contributed by atoms with Crippen LogP contribution < -0.4 is 12.4 Å². The van der Waals surface area contributed by atoms with E-state index < -0.39 is 0 Å². The van der Waals surface area contributed by atoms with Crippen LogP contribution in [-0.4, -0.2) is 36.1 Å². The van der Waals surface area contributed by atoms with E-state index in [9.17, 15) is 4.79 Å². The molecule has 0 N–H and O–H groups in total. The summed E-state index contributed by atoms with van der Waals surface area (Å²) in [4.78, 5) is 12.2. The summed E-state index contributed by atoms with van der Waals surface area (Å²) >= 11 is 0. The molecule has 3 nitrogen and oxygen atoms in total. The molecule has 0 aliphatic rings. The Bertz CT molecular complexity index is 447. The molecule has 0 saturated heterocycles. The van der Waals surface area contributed by atoms with Crippen LogP contribution in [0.25, 0.3) is 0 Å². The lowest BCUT2D eigenvalue weighted by Gasteiger charge is -2.40. The summed E-state index contributed by atoms with van der Waals surface area (Å²) in [5.41, 5.74) is 1.82. The van der Waals surface area contributed by atoms with Crippen molar-refractivity contribution >= 4 is 5.91 Å². The second kappa shape index (κ2) is 8.08. The summed E-state index contributed by atoms with van der Waals surface area (Å²) in [7, 11) is 3.95. The minimum absolute atomic E-state index is 0. The van der Waals surface area contributed by atoms with E-state index in [0.717, 1.165) is 19.5 Å². The number of halogens is 1. The Kier molecular flexibility index (Phi) is 7.54. The third-order valence-electron chi connectivity index (χ3n) is 3.45. The van der Waals surface area contributed by atoms with Gasteiger partial charge in [0.1, 0.15) is 13.1 Å². The normalized spacial score (nSPS) is 13.0. The number of carbonyl (C=O) groups excluding carboxylic acids is 1. The zero-order chi connectivity index (χ0) is 14.5. The van der Waals surface area contributed by atoms with Gasteiger partial charge in [0.25, 0.3) is 5.91 Å². The van der Waals surface area contributed by atoms with Gasteiger partial charge in [0.15, 0.2) is 0 Å². The first-order chi connectivity index (χ1) is 8.90. The van der Waals surface area contributed by atoms with E-state index in [1.54, 1.807) is 11.9 Å². The van der Waals surface area contributed by atoms with Crippen molar-refractivity contribution in [3.8, 4) is 0 Å². The van der Waals surface area contributed by atoms with Crippen molar-refractivity contribution in [3.05, 3.63) is 48.0 Å². The minimum Gasteiger partial charge on any atom is -1.00 e. The summed E-state index contributed by atoms with van der Waals surface area (Å²) in [6.45, 7) is 9.39. The van der Waals surface area contributed by atoms with Crippen LogP contribution in [0.2, 0.25) is 0 Å². The van der Waals surface area contributed by atoms with Crippen LogP contribution in [0, 0.1) is 0 Å². The number of hydrogen-bond acceptors (Lipinski definition) is 1. The largest absolute Gasteiger partial charge is 1.00 e. The van der Waals surface area contributed by atoms with Crippen molar-refractivity contribution in [3.63, 3.8) is 0 Å². The Hall–Kier alpha value is -1.32. The monoisotopic (exact) mass is 296 g/mol. The Morgan fingerprint density at radius 2 is 1.85 bits per heavy atom. The standard InChI is InChI=1S/C16H25N2O.ClH/c1-6-12-18(5,17(4)16(19)14(2)3)13-15-10-8-7-9-11-15;/h7-11H,2,6,12-13H2,1,3-5H3;1H/q+1;/p-1. The van der Waals surface area contributed by atoms with Gasteiger partial charge >= 0.3 is 0 Å². The highest BCUT2D eigenvalue weighted by molar-refractivity contribution is 5.91. The lowest BCUT2D eigenvalue weighted by atomic mass is 10.2. The number of amides is 1. The lowest BCUT2D eigenvalue weighted by Crippen LogP contribution is -3.00. The first-order valence-corrected chi connectivity index (χ1v) is 6.73. The molecule has 0 aliphatic heterocycles. The fraction of sp³-hybridized carbons (Fsp3) is 0.438. The van der Waals surface area contributed by atoms with Gasteiger partial charge in [-0.2, -0.15) is 5.01 Å². The molecular formula is C16H25ClN2O. The molecule has 0 aromatic heterocycles. The van der Waals surface area contributed by atoms with Crippen molar-refractivity contribution < 1.29 is 21.8 Å². The molecule has 1 rings (SSSR count). The predicted octanol–water partition coefficient (Wildman–Crippen LogP) is -0.00330. The number of hydrogen-bond donors (Lipinski definition) is 0. The Morgan fingerprint density at radius 3 is 2.30 bits per heavy atom. The van der Waals surface area contributed by atoms with Gasteiger partial charge in [0.05, 0.1) is 14.1 Å². The molecular weight excluding hydrogens is 272 g/mol. The summed E-state index contributed by atoms with van der Waals surface area (Å²) < 4.78 is 0.576. The maximum atomic E-state index is 12.2. The molecule has 0 radical (unpaired) electrons. The molecule has 0 aliphatic carbocycles. The summed E-state index contributed by atoms with van der Waals surface area (Å²) in [6, 6.07) is 10.3. The van der Waals surface area contributed by atoms with Crippen LogP contribution in [0.4, 0.5) is 0 Å². The topological polar surface area (TPSA) is 20.3 Å². The van der Waals surface area contributed by atoms with Crippen molar-refractivity contribution in [1.82, 2.24) is 5.01 Å². The minimum atomic E-state index is 0. The Balaban J connectivity index is 0.00000361. The third kappa shape index (κ3) is 4.66. The third-order valence-corrected chi connectivity index (χ3v) is 3.45. The quantitative estimate of drug-likeness (QED) is 0.411. The van der Waals surface area contributed by atoms with Crippen molar-refractivity contribution in [2.24, 2.45) is 0 Å². The van der Waals surface area contributed by atoms with Gasteiger partial charge in [-0.15, -0.1) is 0 Å². The van der Waals surface area contributed by atoms with Crippen LogP contribution in [0.1, 0.15) is 25.8 Å². The SMILES string of the molecule is C=C(C)C(=O)N(C)[N+](C)(CCC)Cc1ccccc1.[Cl-]. The molecule has 4 heteroatoms. The van der Waals surface area contributed by atoms with Crippen LogP contribution in [0.15, 0.2) is 42.5 Å². The average molecular weight is 297 g/mol. The fourth-order valence-corrected chi connectivity index (χ4v) is 2.29. The molecule has 1 aromatic rings. The van der Waals surface area contributed by atoms with E-state index >= 15 is 0 Å². The number of nitrogens with zero attached hydrogens (tertiary/aromatic N) is 2. The van der Waals surface area contributed by atoms with Crippen LogP contribution >= 0.6 is 0 Å². The van der Waals surface area contributed by atoms with Crippen LogP contribution in [0.5, 0.6) is 0 Å². The molecule has 1 amide bonds. The first kappa shape index (κ1) is 18.7. The zero-order valence-electron chi connectivity index (χ0n) is 12.9. The maximum absolute atomic E-state index is 12.2. The highest BCUT2D eigenvalue weighted by Gasteiger charge is 2.31. The predicted molar refractivity (Wildman–Crippen MR) is 79.1 cm³/mol. The smallest absolute Gasteiger partial charge is 0.293 e. The molecule has 0 heterocycles. The number of rotatable bonds is 6. The van der Waals surface area contributed by atoms with Crippen molar-refractivity contribution in [1.29, 1.82) is 0 Å². The average Bonchev–Trinajstić information content (AvgIpc) is 2.38. The Morgan fingerprint density at radius 1 is 1.30 bits per heavy atom. The summed E-state index contributed by atoms with van der Waals surface area (Å²) in [5.74, 6) is 0.00637.